The molecule has 0 aliphatic carbocycles. The van der Waals surface area contributed by atoms with Gasteiger partial charge in [0.15, 0.2) is 9.45 Å². The molecule has 2 aliphatic rings. The van der Waals surface area contributed by atoms with Crippen LogP contribution in [0.3, 0.4) is 0 Å². The number of amides is 2. The van der Waals surface area contributed by atoms with Crippen LogP contribution in [0.1, 0.15) is 21.7 Å². The predicted octanol–water partition coefficient (Wildman–Crippen LogP) is 6.20. The summed E-state index contributed by atoms with van der Waals surface area (Å²) in [5.41, 5.74) is 4.33. The van der Waals surface area contributed by atoms with Crippen LogP contribution in [-0.2, 0) is 35.5 Å². The molecule has 0 radical (unpaired) electrons. The lowest BCUT2D eigenvalue weighted by molar-refractivity contribution is -0.115. The number of carbonyl (C=O) groups is 2. The van der Waals surface area contributed by atoms with Crippen LogP contribution in [0.5, 0.6) is 0 Å². The van der Waals surface area contributed by atoms with Gasteiger partial charge in [0, 0.05) is 42.9 Å². The molecule has 1 aromatic heterocycles. The molecule has 2 amide bonds. The van der Waals surface area contributed by atoms with Crippen LogP contribution in [0.25, 0.3) is 0 Å². The highest BCUT2D eigenvalue weighted by Crippen LogP contribution is 2.38. The fourth-order valence-electron chi connectivity index (χ4n) is 4.87. The summed E-state index contributed by atoms with van der Waals surface area (Å²) in [6, 6.07) is 29.4. The quantitative estimate of drug-likeness (QED) is 0.207. The first-order valence-electron chi connectivity index (χ1n) is 13.0. The molecule has 0 saturated carbocycles. The Kier molecular flexibility index (Phi) is 7.88. The second-order valence-corrected chi connectivity index (χ2v) is 12.3. The summed E-state index contributed by atoms with van der Waals surface area (Å²) in [6.45, 7) is 2.59. The molecule has 3 aromatic carbocycles. The van der Waals surface area contributed by atoms with Gasteiger partial charge in [-0.15, -0.1) is 11.3 Å². The first-order valence-corrected chi connectivity index (χ1v) is 15.0. The normalized spacial score (nSPS) is 16.6. The molecular formula is C31H26N4O2S3. The van der Waals surface area contributed by atoms with E-state index < -0.39 is 0 Å². The Bertz CT molecular complexity index is 1590. The number of thioether (sulfide) groups is 1. The second kappa shape index (κ2) is 11.9. The molecule has 9 heteroatoms. The summed E-state index contributed by atoms with van der Waals surface area (Å²) >= 11 is 8.26. The molecule has 1 saturated heterocycles. The predicted molar refractivity (Wildman–Crippen MR) is 166 cm³/mol. The molecule has 0 unspecified atom stereocenters. The fourth-order valence-corrected chi connectivity index (χ4v) is 7.27. The zero-order valence-electron chi connectivity index (χ0n) is 21.6. The van der Waals surface area contributed by atoms with Crippen LogP contribution < -0.4 is 10.2 Å². The minimum Gasteiger partial charge on any atom is -0.298 e. The minimum absolute atomic E-state index is 0.280. The van der Waals surface area contributed by atoms with Crippen molar-refractivity contribution in [2.75, 3.05) is 16.8 Å². The van der Waals surface area contributed by atoms with Gasteiger partial charge in [-0.3, -0.25) is 24.7 Å². The van der Waals surface area contributed by atoms with Crippen LogP contribution in [0, 0.1) is 0 Å². The van der Waals surface area contributed by atoms with Crippen molar-refractivity contribution in [2.24, 2.45) is 0 Å². The van der Waals surface area contributed by atoms with Gasteiger partial charge in [-0.25, -0.2) is 4.98 Å². The van der Waals surface area contributed by atoms with Crippen molar-refractivity contribution >= 4 is 62.3 Å². The first kappa shape index (κ1) is 26.6. The minimum atomic E-state index is -0.329. The lowest BCUT2D eigenvalue weighted by Gasteiger charge is -2.25. The van der Waals surface area contributed by atoms with Crippen molar-refractivity contribution in [3.05, 3.63) is 123 Å². The van der Waals surface area contributed by atoms with Gasteiger partial charge in [-0.05, 0) is 23.3 Å². The molecule has 4 aromatic rings. The van der Waals surface area contributed by atoms with Gasteiger partial charge in [-0.1, -0.05) is 103 Å². The lowest BCUT2D eigenvalue weighted by Crippen LogP contribution is -2.29. The van der Waals surface area contributed by atoms with Crippen LogP contribution in [0.15, 0.2) is 101 Å². The second-order valence-electron chi connectivity index (χ2n) is 9.60. The van der Waals surface area contributed by atoms with E-state index in [0.717, 1.165) is 42.2 Å². The van der Waals surface area contributed by atoms with Gasteiger partial charge in [-0.2, -0.15) is 0 Å². The highest BCUT2D eigenvalue weighted by Gasteiger charge is 2.37. The Labute approximate surface area is 246 Å². The van der Waals surface area contributed by atoms with Gasteiger partial charge >= 0.3 is 0 Å². The Morgan fingerprint density at radius 1 is 0.925 bits per heavy atom. The van der Waals surface area contributed by atoms with Crippen LogP contribution in [0.4, 0.5) is 10.8 Å². The maximum absolute atomic E-state index is 13.8. The van der Waals surface area contributed by atoms with Crippen molar-refractivity contribution in [1.29, 1.82) is 0 Å². The van der Waals surface area contributed by atoms with Gasteiger partial charge < -0.3 is 0 Å². The number of aromatic nitrogens is 1. The molecule has 6 nitrogen and oxygen atoms in total. The number of nitrogens with zero attached hydrogens (tertiary/aromatic N) is 3. The molecule has 0 bridgehead atoms. The number of thiazole rings is 1. The Balaban J connectivity index is 1.25. The Hall–Kier alpha value is -3.63. The van der Waals surface area contributed by atoms with E-state index in [9.17, 15) is 9.59 Å². The Morgan fingerprint density at radius 3 is 2.27 bits per heavy atom. The lowest BCUT2D eigenvalue weighted by atomic mass is 10.0. The van der Waals surface area contributed by atoms with E-state index in [1.54, 1.807) is 0 Å². The van der Waals surface area contributed by atoms with Crippen LogP contribution >= 0.6 is 35.3 Å². The summed E-state index contributed by atoms with van der Waals surface area (Å²) in [6.07, 6.45) is 1.14. The average molecular weight is 583 g/mol. The van der Waals surface area contributed by atoms with Gasteiger partial charge in [0.25, 0.3) is 11.8 Å². The van der Waals surface area contributed by atoms with Gasteiger partial charge in [0.05, 0.1) is 16.3 Å². The van der Waals surface area contributed by atoms with Crippen molar-refractivity contribution in [3.8, 4) is 0 Å². The van der Waals surface area contributed by atoms with E-state index in [-0.39, 0.29) is 11.8 Å². The standard InChI is InChI=1S/C31H26N4O2S3/c36-28(33-30-32-25-16-17-34(20-26(25)39-30)19-22-12-6-2-7-13-22)24(18-21-10-4-1-5-11-21)27-29(37)35(31(38)40-27)23-14-8-3-9-15-23/h1-15H,16-20H2,(H,32,33,36)/b27-24+. The van der Waals surface area contributed by atoms with Crippen molar-refractivity contribution < 1.29 is 9.59 Å². The van der Waals surface area contributed by atoms with E-state index >= 15 is 0 Å². The molecule has 1 fully saturated rings. The van der Waals surface area contributed by atoms with E-state index in [4.69, 9.17) is 17.2 Å². The average Bonchev–Trinajstić information content (AvgIpc) is 3.51. The number of para-hydroxylation sites is 1. The van der Waals surface area contributed by atoms with Crippen LogP contribution in [-0.4, -0.2) is 32.6 Å². The highest BCUT2D eigenvalue weighted by atomic mass is 32.2. The third-order valence-electron chi connectivity index (χ3n) is 6.84. The number of nitrogens with one attached hydrogen (secondary N) is 1. The third kappa shape index (κ3) is 5.78. The first-order chi connectivity index (χ1) is 19.5. The van der Waals surface area contributed by atoms with Gasteiger partial charge in [0.1, 0.15) is 0 Å². The molecule has 40 heavy (non-hydrogen) atoms. The number of benzene rings is 3. The highest BCUT2D eigenvalue weighted by molar-refractivity contribution is 8.27. The number of rotatable bonds is 7. The maximum atomic E-state index is 13.8. The van der Waals surface area contributed by atoms with Crippen LogP contribution in [0.2, 0.25) is 0 Å². The third-order valence-corrected chi connectivity index (χ3v) is 9.25. The maximum Gasteiger partial charge on any atom is 0.271 e. The number of hydrogen-bond donors (Lipinski definition) is 1. The zero-order valence-corrected chi connectivity index (χ0v) is 24.0. The van der Waals surface area contributed by atoms with Gasteiger partial charge in [0.2, 0.25) is 0 Å². The van der Waals surface area contributed by atoms with Crippen molar-refractivity contribution in [2.45, 2.75) is 25.9 Å². The summed E-state index contributed by atoms with van der Waals surface area (Å²) in [5.74, 6) is -0.609. The van der Waals surface area contributed by atoms with Crippen molar-refractivity contribution in [1.82, 2.24) is 9.88 Å². The summed E-state index contributed by atoms with van der Waals surface area (Å²) < 4.78 is 0.410. The van der Waals surface area contributed by atoms with E-state index in [2.05, 4.69) is 34.5 Å². The summed E-state index contributed by atoms with van der Waals surface area (Å²) in [4.78, 5) is 37.6. The molecule has 0 atom stereocenters. The summed E-state index contributed by atoms with van der Waals surface area (Å²) in [7, 11) is 0. The van der Waals surface area contributed by atoms with E-state index in [1.807, 2.05) is 66.7 Å². The number of anilines is 2. The fraction of sp³-hybridized carbons (Fsp3) is 0.161. The molecule has 200 valence electrons. The Morgan fingerprint density at radius 2 is 1.57 bits per heavy atom. The molecule has 0 spiro atoms. The number of carbonyl (C=O) groups excluding carboxylic acids is 2. The number of hydrogen-bond acceptors (Lipinski definition) is 7. The zero-order chi connectivity index (χ0) is 27.5. The number of thiocarbonyl (C=S) groups is 1. The molecule has 3 heterocycles. The van der Waals surface area contributed by atoms with E-state index in [1.165, 1.54) is 33.6 Å². The topological polar surface area (TPSA) is 65.5 Å². The smallest absolute Gasteiger partial charge is 0.271 e. The van der Waals surface area contributed by atoms with Crippen molar-refractivity contribution in [3.63, 3.8) is 0 Å². The molecule has 2 aliphatic heterocycles. The number of fused-ring (bicyclic) bond motifs is 1. The SMILES string of the molecule is O=C(Nc1nc2c(s1)CN(Cc1ccccc1)CC2)/C(Cc1ccccc1)=C1/SC(=S)N(c2ccccc2)C1=O. The monoisotopic (exact) mass is 582 g/mol. The molecule has 1 N–H and O–H groups in total. The molecular weight excluding hydrogens is 557 g/mol. The largest absolute Gasteiger partial charge is 0.298 e. The van der Waals surface area contributed by atoms with E-state index in [0.29, 0.717) is 32.0 Å². The molecule has 6 rings (SSSR count). The summed E-state index contributed by atoms with van der Waals surface area (Å²) in [5, 5.41) is 3.57.